The molecule has 1 aliphatic heterocycles. The van der Waals surface area contributed by atoms with E-state index in [0.717, 1.165) is 0 Å². The van der Waals surface area contributed by atoms with Crippen LogP contribution in [0.4, 0.5) is 0 Å². The van der Waals surface area contributed by atoms with E-state index >= 15 is 0 Å². The lowest BCUT2D eigenvalue weighted by Crippen LogP contribution is -2.05. The van der Waals surface area contributed by atoms with E-state index in [9.17, 15) is 4.79 Å². The quantitative estimate of drug-likeness (QED) is 0.455. The number of carbonyl (C=O) groups is 1. The summed E-state index contributed by atoms with van der Waals surface area (Å²) in [5, 5.41) is 0. The van der Waals surface area contributed by atoms with Crippen LogP contribution in [0.25, 0.3) is 0 Å². The van der Waals surface area contributed by atoms with Crippen LogP contribution in [0.2, 0.25) is 0 Å². The smallest absolute Gasteiger partial charge is 0.167 e. The van der Waals surface area contributed by atoms with E-state index in [1.54, 1.807) is 6.08 Å². The van der Waals surface area contributed by atoms with Crippen LogP contribution in [0.3, 0.4) is 0 Å². The van der Waals surface area contributed by atoms with Crippen molar-refractivity contribution in [3.8, 4) is 0 Å². The van der Waals surface area contributed by atoms with Gasteiger partial charge in [-0.3, -0.25) is 15.1 Å². The van der Waals surface area contributed by atoms with Crippen molar-refractivity contribution in [3.05, 3.63) is 11.8 Å². The van der Waals surface area contributed by atoms with Gasteiger partial charge in [0.15, 0.2) is 6.29 Å². The molecule has 0 saturated heterocycles. The first-order chi connectivity index (χ1) is 3.43. The minimum absolute atomic E-state index is 0.494. The molecular weight excluding hydrogens is 94.0 g/mol. The van der Waals surface area contributed by atoms with E-state index in [1.807, 2.05) is 0 Å². The topological polar surface area (TPSA) is 38.3 Å². The molecule has 0 bridgehead atoms. The summed E-state index contributed by atoms with van der Waals surface area (Å²) in [6.07, 6.45) is 2.39. The zero-order valence-corrected chi connectivity index (χ0v) is 3.68. The second kappa shape index (κ2) is 1.75. The number of hydrogen-bond donors (Lipinski definition) is 1. The highest BCUT2D eigenvalue weighted by molar-refractivity contribution is 5.72. The van der Waals surface area contributed by atoms with E-state index < -0.39 is 0 Å². The molecule has 1 N–H and O–H groups in total. The van der Waals surface area contributed by atoms with Gasteiger partial charge in [-0.05, 0) is 6.08 Å². The van der Waals surface area contributed by atoms with Crippen LogP contribution in [0.15, 0.2) is 11.8 Å². The third kappa shape index (κ3) is 0.778. The Morgan fingerprint density at radius 2 is 2.86 bits per heavy atom. The van der Waals surface area contributed by atoms with Crippen molar-refractivity contribution < 1.29 is 9.63 Å². The molecule has 1 rings (SSSR count). The number of rotatable bonds is 1. The summed E-state index contributed by atoms with van der Waals surface area (Å²) in [6.45, 7) is 0.494. The Bertz CT molecular complexity index is 108. The average Bonchev–Trinajstić information content (AvgIpc) is 2.14. The molecule has 7 heavy (non-hydrogen) atoms. The van der Waals surface area contributed by atoms with Crippen LogP contribution in [0, 0.1) is 0 Å². The van der Waals surface area contributed by atoms with Gasteiger partial charge in [-0.15, -0.1) is 0 Å². The highest BCUT2D eigenvalue weighted by atomic mass is 16.6. The van der Waals surface area contributed by atoms with Crippen molar-refractivity contribution in [1.29, 1.82) is 0 Å². The van der Waals surface area contributed by atoms with Gasteiger partial charge in [0.05, 0.1) is 12.3 Å². The molecule has 0 spiro atoms. The number of allylic oxidation sites excluding steroid dienone is 1. The predicted molar refractivity (Wildman–Crippen MR) is 23.2 cm³/mol. The van der Waals surface area contributed by atoms with Gasteiger partial charge in [-0.2, -0.15) is 0 Å². The van der Waals surface area contributed by atoms with Crippen LogP contribution in [0.1, 0.15) is 0 Å². The standard InChI is InChI=1S/C4H5NO2/c6-3-4-1-2-7-5-4/h1,3,5H,2H2. The monoisotopic (exact) mass is 99.0 g/mol. The molecule has 0 unspecified atom stereocenters. The van der Waals surface area contributed by atoms with Gasteiger partial charge in [-0.25, -0.2) is 0 Å². The maximum absolute atomic E-state index is 9.80. The second-order valence-corrected chi connectivity index (χ2v) is 1.19. The molecule has 1 heterocycles. The normalized spacial score (nSPS) is 18.0. The Kier molecular flexibility index (Phi) is 1.08. The first-order valence-corrected chi connectivity index (χ1v) is 1.96. The lowest BCUT2D eigenvalue weighted by atomic mass is 10.5. The molecule has 0 aromatic heterocycles. The van der Waals surface area contributed by atoms with Crippen LogP contribution in [0.5, 0.6) is 0 Å². The van der Waals surface area contributed by atoms with Gasteiger partial charge < -0.3 is 0 Å². The van der Waals surface area contributed by atoms with E-state index in [2.05, 4.69) is 10.3 Å². The van der Waals surface area contributed by atoms with Crippen LogP contribution in [-0.2, 0) is 9.63 Å². The average molecular weight is 99.1 g/mol. The van der Waals surface area contributed by atoms with Gasteiger partial charge in [-0.1, -0.05) is 0 Å². The minimum Gasteiger partial charge on any atom is -0.296 e. The zero-order valence-electron chi connectivity index (χ0n) is 3.68. The maximum atomic E-state index is 9.80. The first-order valence-electron chi connectivity index (χ1n) is 1.96. The van der Waals surface area contributed by atoms with Crippen molar-refractivity contribution in [2.45, 2.75) is 0 Å². The summed E-state index contributed by atoms with van der Waals surface area (Å²) in [4.78, 5) is 14.4. The van der Waals surface area contributed by atoms with Gasteiger partial charge in [0.1, 0.15) is 0 Å². The molecule has 0 saturated carbocycles. The molecule has 0 radical (unpaired) electrons. The van der Waals surface area contributed by atoms with Crippen LogP contribution >= 0.6 is 0 Å². The molecule has 1 aliphatic rings. The molecule has 3 nitrogen and oxygen atoms in total. The number of carbonyl (C=O) groups excluding carboxylic acids is 1. The fourth-order valence-electron chi connectivity index (χ4n) is 0.370. The highest BCUT2D eigenvalue weighted by Gasteiger charge is 1.98. The Hall–Kier alpha value is -0.830. The number of aldehydes is 1. The molecule has 3 heteroatoms. The summed E-state index contributed by atoms with van der Waals surface area (Å²) in [5.74, 6) is 0. The predicted octanol–water partition coefficient (Wildman–Crippen LogP) is -0.396. The van der Waals surface area contributed by atoms with Crippen molar-refractivity contribution in [1.82, 2.24) is 5.48 Å². The van der Waals surface area contributed by atoms with E-state index in [-0.39, 0.29) is 0 Å². The molecular formula is C4H5NO2. The highest BCUT2D eigenvalue weighted by Crippen LogP contribution is 1.90. The van der Waals surface area contributed by atoms with Crippen molar-refractivity contribution in [2.75, 3.05) is 6.61 Å². The Morgan fingerprint density at radius 1 is 2.00 bits per heavy atom. The van der Waals surface area contributed by atoms with E-state index in [0.29, 0.717) is 18.6 Å². The van der Waals surface area contributed by atoms with E-state index in [1.165, 1.54) is 0 Å². The lowest BCUT2D eigenvalue weighted by molar-refractivity contribution is -0.105. The summed E-state index contributed by atoms with van der Waals surface area (Å²) in [5.41, 5.74) is 2.91. The van der Waals surface area contributed by atoms with Crippen molar-refractivity contribution >= 4 is 6.29 Å². The van der Waals surface area contributed by atoms with Gasteiger partial charge >= 0.3 is 0 Å². The third-order valence-corrected chi connectivity index (χ3v) is 0.704. The Balaban J connectivity index is 2.51. The molecule has 0 atom stereocenters. The molecule has 0 aliphatic carbocycles. The molecule has 0 amide bonds. The summed E-state index contributed by atoms with van der Waals surface area (Å²) < 4.78 is 0. The van der Waals surface area contributed by atoms with Gasteiger partial charge in [0.25, 0.3) is 0 Å². The van der Waals surface area contributed by atoms with E-state index in [4.69, 9.17) is 0 Å². The van der Waals surface area contributed by atoms with Crippen molar-refractivity contribution in [2.24, 2.45) is 0 Å². The lowest BCUT2D eigenvalue weighted by Gasteiger charge is -1.88. The van der Waals surface area contributed by atoms with Gasteiger partial charge in [0.2, 0.25) is 0 Å². The van der Waals surface area contributed by atoms with Crippen molar-refractivity contribution in [3.63, 3.8) is 0 Å². The van der Waals surface area contributed by atoms with Crippen LogP contribution < -0.4 is 5.48 Å². The molecule has 0 fully saturated rings. The largest absolute Gasteiger partial charge is 0.296 e. The minimum atomic E-state index is 0.494. The Labute approximate surface area is 40.9 Å². The summed E-state index contributed by atoms with van der Waals surface area (Å²) in [7, 11) is 0. The number of hydrogen-bond acceptors (Lipinski definition) is 3. The van der Waals surface area contributed by atoms with Crippen LogP contribution in [-0.4, -0.2) is 12.9 Å². The zero-order chi connectivity index (χ0) is 5.11. The summed E-state index contributed by atoms with van der Waals surface area (Å²) in [6, 6.07) is 0. The number of nitrogens with one attached hydrogen (secondary N) is 1. The van der Waals surface area contributed by atoms with Gasteiger partial charge in [0, 0.05) is 0 Å². The molecule has 0 aromatic carbocycles. The fourth-order valence-corrected chi connectivity index (χ4v) is 0.370. The third-order valence-electron chi connectivity index (χ3n) is 0.704. The SMILES string of the molecule is O=CC1=CCON1. The second-order valence-electron chi connectivity index (χ2n) is 1.19. The molecule has 0 aromatic rings. The number of hydroxylamine groups is 1. The molecule has 38 valence electrons. The first kappa shape index (κ1) is 4.33. The Morgan fingerprint density at radius 3 is 3.14 bits per heavy atom. The maximum Gasteiger partial charge on any atom is 0.167 e. The summed E-state index contributed by atoms with van der Waals surface area (Å²) >= 11 is 0. The fraction of sp³-hybridized carbons (Fsp3) is 0.250.